The van der Waals surface area contributed by atoms with E-state index in [0.717, 1.165) is 0 Å². The molecule has 0 saturated carbocycles. The number of anilines is 1. The van der Waals surface area contributed by atoms with E-state index < -0.39 is 23.5 Å². The molecule has 7 heteroatoms. The van der Waals surface area contributed by atoms with Crippen LogP contribution < -0.4 is 10.6 Å². The summed E-state index contributed by atoms with van der Waals surface area (Å²) in [4.78, 5) is 23.0. The van der Waals surface area contributed by atoms with Gasteiger partial charge in [0.15, 0.2) is 0 Å². The van der Waals surface area contributed by atoms with Crippen molar-refractivity contribution in [2.24, 2.45) is 5.41 Å². The Labute approximate surface area is 127 Å². The van der Waals surface area contributed by atoms with Gasteiger partial charge in [-0.05, 0) is 23.6 Å². The third-order valence-corrected chi connectivity index (χ3v) is 3.05. The SMILES string of the molecule is CC(C)(C)[C@H](NC(=O)Nc1ccc(C#N)c(Cl)c1)C(=O)O. The van der Waals surface area contributed by atoms with Crippen molar-refractivity contribution in [1.29, 1.82) is 5.26 Å². The van der Waals surface area contributed by atoms with E-state index in [9.17, 15) is 9.59 Å². The number of hydrogen-bond acceptors (Lipinski definition) is 3. The van der Waals surface area contributed by atoms with Crippen LogP contribution in [0.2, 0.25) is 5.02 Å². The van der Waals surface area contributed by atoms with E-state index >= 15 is 0 Å². The van der Waals surface area contributed by atoms with Crippen LogP contribution in [0.4, 0.5) is 10.5 Å². The summed E-state index contributed by atoms with van der Waals surface area (Å²) in [5.41, 5.74) is 0.0288. The van der Waals surface area contributed by atoms with Crippen molar-refractivity contribution in [2.45, 2.75) is 26.8 Å². The molecule has 112 valence electrons. The first-order chi connectivity index (χ1) is 9.65. The zero-order valence-electron chi connectivity index (χ0n) is 11.9. The van der Waals surface area contributed by atoms with Gasteiger partial charge in [0.05, 0.1) is 10.6 Å². The van der Waals surface area contributed by atoms with E-state index in [-0.39, 0.29) is 5.02 Å². The molecule has 0 aliphatic rings. The van der Waals surface area contributed by atoms with Crippen LogP contribution in [0, 0.1) is 16.7 Å². The van der Waals surface area contributed by atoms with Gasteiger partial charge in [0, 0.05) is 5.69 Å². The lowest BCUT2D eigenvalue weighted by molar-refractivity contribution is -0.141. The molecule has 0 bridgehead atoms. The predicted molar refractivity (Wildman–Crippen MR) is 79.2 cm³/mol. The number of benzene rings is 1. The summed E-state index contributed by atoms with van der Waals surface area (Å²) in [5, 5.41) is 23.0. The first-order valence-corrected chi connectivity index (χ1v) is 6.53. The predicted octanol–water partition coefficient (Wildman–Crippen LogP) is 2.83. The van der Waals surface area contributed by atoms with Crippen molar-refractivity contribution < 1.29 is 14.7 Å². The molecule has 1 rings (SSSR count). The molecule has 0 fully saturated rings. The molecule has 0 radical (unpaired) electrons. The minimum absolute atomic E-state index is 0.209. The van der Waals surface area contributed by atoms with Gasteiger partial charge in [-0.2, -0.15) is 5.26 Å². The summed E-state index contributed by atoms with van der Waals surface area (Å²) < 4.78 is 0. The van der Waals surface area contributed by atoms with E-state index in [1.54, 1.807) is 20.8 Å². The molecule has 0 saturated heterocycles. The Morgan fingerprint density at radius 3 is 2.43 bits per heavy atom. The number of nitrogens with one attached hydrogen (secondary N) is 2. The highest BCUT2D eigenvalue weighted by atomic mass is 35.5. The molecule has 0 spiro atoms. The van der Waals surface area contributed by atoms with Crippen molar-refractivity contribution in [1.82, 2.24) is 5.32 Å². The fourth-order valence-electron chi connectivity index (χ4n) is 1.63. The maximum Gasteiger partial charge on any atom is 0.326 e. The first-order valence-electron chi connectivity index (χ1n) is 6.15. The lowest BCUT2D eigenvalue weighted by Gasteiger charge is -2.27. The molecular weight excluding hydrogens is 294 g/mol. The number of amides is 2. The number of halogens is 1. The summed E-state index contributed by atoms with van der Waals surface area (Å²) >= 11 is 5.85. The maximum absolute atomic E-state index is 11.8. The zero-order chi connectivity index (χ0) is 16.2. The van der Waals surface area contributed by atoms with Crippen LogP contribution in [0.25, 0.3) is 0 Å². The summed E-state index contributed by atoms with van der Waals surface area (Å²) in [6.07, 6.45) is 0. The molecular formula is C14H16ClN3O3. The third-order valence-electron chi connectivity index (χ3n) is 2.74. The monoisotopic (exact) mass is 309 g/mol. The number of carbonyl (C=O) groups excluding carboxylic acids is 1. The molecule has 6 nitrogen and oxygen atoms in total. The summed E-state index contributed by atoms with van der Waals surface area (Å²) in [7, 11) is 0. The van der Waals surface area contributed by atoms with Crippen molar-refractivity contribution in [3.8, 4) is 6.07 Å². The van der Waals surface area contributed by atoms with Crippen LogP contribution in [-0.2, 0) is 4.79 Å². The average Bonchev–Trinajstić information content (AvgIpc) is 2.34. The Balaban J connectivity index is 2.80. The van der Waals surface area contributed by atoms with Gasteiger partial charge in [-0.3, -0.25) is 0 Å². The van der Waals surface area contributed by atoms with Crippen LogP contribution in [0.15, 0.2) is 18.2 Å². The largest absolute Gasteiger partial charge is 0.480 e. The van der Waals surface area contributed by atoms with Crippen molar-refractivity contribution in [3.05, 3.63) is 28.8 Å². The number of carboxylic acids is 1. The lowest BCUT2D eigenvalue weighted by atomic mass is 9.87. The van der Waals surface area contributed by atoms with Crippen LogP contribution in [0.5, 0.6) is 0 Å². The Morgan fingerprint density at radius 2 is 2.00 bits per heavy atom. The van der Waals surface area contributed by atoms with Crippen molar-refractivity contribution in [3.63, 3.8) is 0 Å². The second-order valence-electron chi connectivity index (χ2n) is 5.54. The number of carboxylic acid groups (broad SMARTS) is 1. The first kappa shape index (κ1) is 16.8. The van der Waals surface area contributed by atoms with Crippen molar-refractivity contribution >= 4 is 29.3 Å². The van der Waals surface area contributed by atoms with E-state index in [0.29, 0.717) is 11.3 Å². The summed E-state index contributed by atoms with van der Waals surface area (Å²) in [6.45, 7) is 5.14. The number of aliphatic carboxylic acids is 1. The van der Waals surface area contributed by atoms with Crippen LogP contribution in [0.3, 0.4) is 0 Å². The fraction of sp³-hybridized carbons (Fsp3) is 0.357. The minimum Gasteiger partial charge on any atom is -0.480 e. The van der Waals surface area contributed by atoms with Crippen LogP contribution in [-0.4, -0.2) is 23.1 Å². The highest BCUT2D eigenvalue weighted by Gasteiger charge is 2.32. The average molecular weight is 310 g/mol. The number of urea groups is 1. The molecule has 0 aromatic heterocycles. The molecule has 0 unspecified atom stereocenters. The number of nitriles is 1. The second kappa shape index (κ2) is 6.46. The summed E-state index contributed by atoms with van der Waals surface area (Å²) in [6, 6.07) is 4.62. The van der Waals surface area contributed by atoms with Gasteiger partial charge in [-0.1, -0.05) is 32.4 Å². The van der Waals surface area contributed by atoms with Gasteiger partial charge in [0.2, 0.25) is 0 Å². The van der Waals surface area contributed by atoms with Crippen LogP contribution >= 0.6 is 11.6 Å². The normalized spacial score (nSPS) is 12.1. The maximum atomic E-state index is 11.8. The minimum atomic E-state index is -1.12. The third kappa shape index (κ3) is 4.65. The Bertz CT molecular complexity index is 602. The van der Waals surface area contributed by atoms with Gasteiger partial charge in [0.25, 0.3) is 0 Å². The molecule has 3 N–H and O–H groups in total. The number of hydrogen-bond donors (Lipinski definition) is 3. The molecule has 1 atom stereocenters. The van der Waals surface area contributed by atoms with Gasteiger partial charge < -0.3 is 15.7 Å². The lowest BCUT2D eigenvalue weighted by Crippen LogP contribution is -2.50. The Kier molecular flexibility index (Phi) is 5.17. The molecule has 0 aliphatic carbocycles. The van der Waals surface area contributed by atoms with Crippen LogP contribution in [0.1, 0.15) is 26.3 Å². The number of carbonyl (C=O) groups is 2. The molecule has 0 heterocycles. The highest BCUT2D eigenvalue weighted by Crippen LogP contribution is 2.21. The Morgan fingerprint density at radius 1 is 1.38 bits per heavy atom. The Hall–Kier alpha value is -2.26. The van der Waals surface area contributed by atoms with Gasteiger partial charge >= 0.3 is 12.0 Å². The molecule has 1 aromatic carbocycles. The quantitative estimate of drug-likeness (QED) is 0.798. The van der Waals surface area contributed by atoms with Gasteiger partial charge in [-0.25, -0.2) is 9.59 Å². The zero-order valence-corrected chi connectivity index (χ0v) is 12.7. The van der Waals surface area contributed by atoms with E-state index in [2.05, 4.69) is 10.6 Å². The van der Waals surface area contributed by atoms with Gasteiger partial charge in [-0.15, -0.1) is 0 Å². The fourth-order valence-corrected chi connectivity index (χ4v) is 1.85. The van der Waals surface area contributed by atoms with E-state index in [4.69, 9.17) is 22.0 Å². The smallest absolute Gasteiger partial charge is 0.326 e. The number of rotatable bonds is 3. The molecule has 21 heavy (non-hydrogen) atoms. The molecule has 2 amide bonds. The van der Waals surface area contributed by atoms with E-state index in [1.807, 2.05) is 6.07 Å². The van der Waals surface area contributed by atoms with Gasteiger partial charge in [0.1, 0.15) is 12.1 Å². The molecule has 1 aromatic rings. The highest BCUT2D eigenvalue weighted by molar-refractivity contribution is 6.32. The molecule has 0 aliphatic heterocycles. The summed E-state index contributed by atoms with van der Waals surface area (Å²) in [5.74, 6) is -1.12. The standard InChI is InChI=1S/C14H16ClN3O3/c1-14(2,3)11(12(19)20)18-13(21)17-9-5-4-8(7-16)10(15)6-9/h4-6,11H,1-3H3,(H,19,20)(H2,17,18,21)/t11-/m1/s1. The second-order valence-corrected chi connectivity index (χ2v) is 5.95. The van der Waals surface area contributed by atoms with E-state index in [1.165, 1.54) is 18.2 Å². The number of nitrogens with zero attached hydrogens (tertiary/aromatic N) is 1. The van der Waals surface area contributed by atoms with Crippen molar-refractivity contribution in [2.75, 3.05) is 5.32 Å². The topological polar surface area (TPSA) is 102 Å².